The highest BCUT2D eigenvalue weighted by atomic mass is 19.4. The Kier molecular flexibility index (Phi) is 69.2. The third kappa shape index (κ3) is 55.3. The van der Waals surface area contributed by atoms with E-state index in [1.807, 2.05) is 0 Å². The number of hydrogen-bond acceptors (Lipinski definition) is 5. The fraction of sp³-hybridized carbons (Fsp3) is 0.659. The minimum absolute atomic E-state index is 0.752. The van der Waals surface area contributed by atoms with E-state index in [9.17, 15) is 13.2 Å². The van der Waals surface area contributed by atoms with Gasteiger partial charge in [0.2, 0.25) is 0 Å². The van der Waals surface area contributed by atoms with Gasteiger partial charge in [-0.15, -0.1) is 0 Å². The summed E-state index contributed by atoms with van der Waals surface area (Å²) in [6.07, 6.45) is 90.4. The highest BCUT2D eigenvalue weighted by molar-refractivity contribution is 5.75. The number of nitrogens with zero attached hydrogens (tertiary/aromatic N) is 3. The lowest BCUT2D eigenvalue weighted by Crippen LogP contribution is -2.37. The number of carbonyl (C=O) groups is 1. The molecule has 0 aliphatic heterocycles. The molecule has 0 aliphatic carbocycles. The minimum Gasteiger partial charge on any atom is -0.542 e. The maximum atomic E-state index is 10.5. The van der Waals surface area contributed by atoms with Gasteiger partial charge in [0.05, 0.1) is 22.6 Å². The number of benzene rings is 6. The van der Waals surface area contributed by atoms with E-state index in [0.29, 0.717) is 0 Å². The van der Waals surface area contributed by atoms with Crippen molar-refractivity contribution in [3.63, 3.8) is 0 Å². The molecule has 0 atom stereocenters. The molecule has 0 saturated heterocycles. The Morgan fingerprint density at radius 3 is 0.467 bits per heavy atom. The Morgan fingerprint density at radius 2 is 0.350 bits per heavy atom. The fourth-order valence-corrected chi connectivity index (χ4v) is 20.8. The van der Waals surface area contributed by atoms with Crippen molar-refractivity contribution in [2.75, 3.05) is 54.0 Å². The molecule has 0 amide bonds. The highest BCUT2D eigenvalue weighted by Gasteiger charge is 2.30. The fourth-order valence-electron chi connectivity index (χ4n) is 20.8. The van der Waals surface area contributed by atoms with Crippen LogP contribution in [0.15, 0.2) is 146 Å². The first-order chi connectivity index (χ1) is 67.0. The molecule has 5 nitrogen and oxygen atoms in total. The molecule has 0 aliphatic rings. The van der Waals surface area contributed by atoms with Gasteiger partial charge in [-0.05, 0) is 255 Å². The monoisotopic (exact) mass is 1880 g/mol. The molecule has 768 valence electrons. The molecule has 0 radical (unpaired) electrons. The second kappa shape index (κ2) is 78.6. The van der Waals surface area contributed by atoms with Gasteiger partial charge < -0.3 is 24.6 Å². The first kappa shape index (κ1) is 121. The zero-order valence-electron chi connectivity index (χ0n) is 90.2. The largest absolute Gasteiger partial charge is 0.542 e. The number of halogens is 3. The lowest BCUT2D eigenvalue weighted by molar-refractivity contribution is -0.344. The number of aliphatic carboxylic acids is 1. The van der Waals surface area contributed by atoms with Gasteiger partial charge in [0.25, 0.3) is 0 Å². The molecule has 0 bridgehead atoms. The first-order valence-electron chi connectivity index (χ1n) is 58.0. The van der Waals surface area contributed by atoms with Crippen molar-refractivity contribution >= 4 is 59.5 Å². The average molecular weight is 1890 g/mol. The number of carbonyl (C=O) groups excluding carboxylic acids is 1. The molecule has 6 aromatic carbocycles. The molecular formula is C129H204F3N3O2. The zero-order chi connectivity index (χ0) is 98.7. The lowest BCUT2D eigenvalue weighted by Gasteiger charge is -2.33. The van der Waals surface area contributed by atoms with Crippen molar-refractivity contribution in [3.05, 3.63) is 202 Å². The van der Waals surface area contributed by atoms with Crippen LogP contribution < -0.4 is 19.8 Å². The molecule has 137 heavy (non-hydrogen) atoms. The van der Waals surface area contributed by atoms with E-state index in [0.717, 1.165) is 35.5 Å². The maximum Gasteiger partial charge on any atom is 0.430 e. The summed E-state index contributed by atoms with van der Waals surface area (Å²) in [5.74, 6) is 2.77. The van der Waals surface area contributed by atoms with Crippen molar-refractivity contribution in [2.24, 2.45) is 35.5 Å². The third-order valence-corrected chi connectivity index (χ3v) is 29.5. The van der Waals surface area contributed by atoms with Crippen LogP contribution in [0.2, 0.25) is 0 Å². The number of rotatable bonds is 84. The Bertz CT molecular complexity index is 3330. The standard InChI is InChI=1S/C127H204N3.C2HF3O2/c1-13-25-37-49-61-115(62-50-38-26-14-2)103-128(104-116(63-51-39-27-15-3)64-52-40-28-16-4)124-97-85-112(86-98-124)76-73-109-79-91-121(92-80-109)127(122-93-81-110(82-94-122)74-77-113-87-99-125(100-88-113)129(105-117(65-53-41-29-17-5)66-54-42-30-18-6)106-118(67-55-43-31-19-7)68-56-44-32-20-8)123-95-83-111(84-96-123)75-78-114-89-101-126(102-90-114)130(107-119(69-57-45-33-21-9)70-58-46-34-22-10)108-120(71-59-47-35-23-11)72-60-48-36-24-12;3-2(4,5)1(6)7/h73-102,115-120H,13-72,103-108H2,1-12H3;(H,6,7)/q+1;/p-1/b76-73+,77-74+,78-75+;. The Morgan fingerprint density at radius 1 is 0.226 bits per heavy atom. The van der Waals surface area contributed by atoms with Crippen molar-refractivity contribution < 1.29 is 23.1 Å². The quantitative estimate of drug-likeness (QED) is 0.0165. The molecule has 0 spiro atoms. The average Bonchev–Trinajstić information content (AvgIpc) is 0.804. The summed E-state index contributed by atoms with van der Waals surface area (Å²) in [6.45, 7) is 35.5. The normalized spacial score (nSPS) is 12.0. The zero-order valence-corrected chi connectivity index (χ0v) is 90.2. The van der Waals surface area contributed by atoms with Crippen molar-refractivity contribution in [2.45, 2.75) is 475 Å². The van der Waals surface area contributed by atoms with Gasteiger partial charge in [-0.3, -0.25) is 0 Å². The molecular weight excluding hydrogens is 1680 g/mol. The minimum atomic E-state index is -5.19. The molecule has 0 saturated carbocycles. The van der Waals surface area contributed by atoms with E-state index in [1.165, 1.54) is 498 Å². The summed E-state index contributed by atoms with van der Waals surface area (Å²) in [7, 11) is 0. The van der Waals surface area contributed by atoms with Crippen LogP contribution >= 0.6 is 0 Å². The summed E-state index contributed by atoms with van der Waals surface area (Å²) in [4.78, 5) is 17.4. The van der Waals surface area contributed by atoms with Gasteiger partial charge in [0.1, 0.15) is 5.97 Å². The molecule has 0 fully saturated rings. The second-order valence-electron chi connectivity index (χ2n) is 41.9. The van der Waals surface area contributed by atoms with Gasteiger partial charge in [0.15, 0.2) is 0 Å². The third-order valence-electron chi connectivity index (χ3n) is 29.5. The van der Waals surface area contributed by atoms with E-state index in [1.54, 1.807) is 0 Å². The lowest BCUT2D eigenvalue weighted by atomic mass is 9.84. The van der Waals surface area contributed by atoms with Crippen LogP contribution in [0.4, 0.5) is 30.2 Å². The van der Waals surface area contributed by atoms with E-state index in [4.69, 9.17) is 9.90 Å². The van der Waals surface area contributed by atoms with E-state index in [-0.39, 0.29) is 0 Å². The Labute approximate surface area is 842 Å². The summed E-state index contributed by atoms with van der Waals surface area (Å²) < 4.78 is 31.5. The van der Waals surface area contributed by atoms with E-state index < -0.39 is 12.1 Å². The van der Waals surface area contributed by atoms with Crippen LogP contribution in [-0.2, 0) is 4.79 Å². The van der Waals surface area contributed by atoms with Crippen molar-refractivity contribution in [1.82, 2.24) is 0 Å². The second-order valence-corrected chi connectivity index (χ2v) is 41.9. The first-order valence-corrected chi connectivity index (χ1v) is 58.0. The summed E-state index contributed by atoms with van der Waals surface area (Å²) >= 11 is 0. The van der Waals surface area contributed by atoms with Crippen LogP contribution in [-0.4, -0.2) is 51.4 Å². The summed E-state index contributed by atoms with van der Waals surface area (Å²) in [5.41, 5.74) is 15.4. The molecule has 0 heterocycles. The Balaban J connectivity index is 0.00000454. The summed E-state index contributed by atoms with van der Waals surface area (Å²) in [5, 5.41) is 8.78. The maximum absolute atomic E-state index is 10.5. The molecule has 0 unspecified atom stereocenters. The predicted octanol–water partition coefficient (Wildman–Crippen LogP) is 40.3. The predicted molar refractivity (Wildman–Crippen MR) is 600 cm³/mol. The number of carboxylic acids is 1. The summed E-state index contributed by atoms with van der Waals surface area (Å²) in [6, 6.07) is 57.7. The van der Waals surface area contributed by atoms with Gasteiger partial charge in [-0.1, -0.05) is 464 Å². The topological polar surface area (TPSA) is 49.8 Å². The highest BCUT2D eigenvalue weighted by Crippen LogP contribution is 2.37. The van der Waals surface area contributed by atoms with Crippen molar-refractivity contribution in [1.29, 1.82) is 0 Å². The molecule has 6 rings (SSSR count). The number of unbranched alkanes of at least 4 members (excludes halogenated alkanes) is 36. The Hall–Kier alpha value is -6.93. The van der Waals surface area contributed by atoms with E-state index >= 15 is 0 Å². The molecule has 8 heteroatoms. The molecule has 0 N–H and O–H groups in total. The van der Waals surface area contributed by atoms with Gasteiger partial charge in [-0.2, -0.15) is 13.2 Å². The van der Waals surface area contributed by atoms with Crippen LogP contribution in [0, 0.1) is 41.4 Å². The van der Waals surface area contributed by atoms with Crippen LogP contribution in [0.1, 0.15) is 518 Å². The van der Waals surface area contributed by atoms with Gasteiger partial charge in [0, 0.05) is 56.3 Å². The van der Waals surface area contributed by atoms with Gasteiger partial charge in [-0.25, -0.2) is 0 Å². The van der Waals surface area contributed by atoms with Crippen molar-refractivity contribution in [3.8, 4) is 0 Å². The van der Waals surface area contributed by atoms with Gasteiger partial charge >= 0.3 is 6.18 Å². The van der Waals surface area contributed by atoms with Crippen LogP contribution in [0.3, 0.4) is 0 Å². The number of hydrogen-bond donors (Lipinski definition) is 0. The smallest absolute Gasteiger partial charge is 0.430 e. The number of alkyl halides is 3. The molecule has 0 aromatic heterocycles. The SMILES string of the molecule is CCCCCCC(CCCCCC)CN(CC(CCCCCC)CCCCCC)c1ccc(/C=C/c2ccc([C+](c3ccc(/C=C/c4ccc(N(CC(CCCCCC)CCCCCC)CC(CCCCCC)CCCCCC)cc4)cc3)c3ccc(/C=C/c4ccc(N(CC(CCCCCC)CCCCCC)CC(CCCCCC)CCCCCC)cc4)cc3)cc2)cc1.O=C([O-])C(F)(F)F. The number of carboxylic acid groups (broad SMARTS) is 1. The van der Waals surface area contributed by atoms with E-state index in [2.05, 4.69) is 280 Å². The van der Waals surface area contributed by atoms with Crippen LogP contribution in [0.5, 0.6) is 0 Å². The van der Waals surface area contributed by atoms with Crippen LogP contribution in [0.25, 0.3) is 36.5 Å². The number of anilines is 3. The molecule has 6 aromatic rings.